The van der Waals surface area contributed by atoms with Crippen molar-refractivity contribution in [3.05, 3.63) is 0 Å². The van der Waals surface area contributed by atoms with E-state index in [2.05, 4.69) is 4.72 Å². The summed E-state index contributed by atoms with van der Waals surface area (Å²) < 4.78 is 24.4. The van der Waals surface area contributed by atoms with Crippen LogP contribution in [0.15, 0.2) is 0 Å². The highest BCUT2D eigenvalue weighted by molar-refractivity contribution is 7.90. The molecule has 1 atom stereocenters. The lowest BCUT2D eigenvalue weighted by Gasteiger charge is -2.22. The molecule has 0 fully saturated rings. The number of amides is 1. The summed E-state index contributed by atoms with van der Waals surface area (Å²) in [7, 11) is -3.55. The Kier molecular flexibility index (Phi) is 6.16. The van der Waals surface area contributed by atoms with E-state index in [4.69, 9.17) is 11.6 Å². The van der Waals surface area contributed by atoms with Crippen molar-refractivity contribution >= 4 is 27.5 Å². The van der Waals surface area contributed by atoms with Gasteiger partial charge in [-0.3, -0.25) is 4.79 Å². The van der Waals surface area contributed by atoms with E-state index in [0.29, 0.717) is 13.1 Å². The fourth-order valence-corrected chi connectivity index (χ4v) is 2.05. The molecule has 0 spiro atoms. The maximum absolute atomic E-state index is 11.7. The molecule has 0 saturated heterocycles. The number of nitrogens with zero attached hydrogens (tertiary/aromatic N) is 1. The first-order valence-corrected chi connectivity index (χ1v) is 6.91. The van der Waals surface area contributed by atoms with Crippen LogP contribution in [-0.2, 0) is 14.8 Å². The molecule has 5 nitrogen and oxygen atoms in total. The Hall–Kier alpha value is -0.330. The van der Waals surface area contributed by atoms with E-state index in [-0.39, 0.29) is 5.91 Å². The molecule has 7 heteroatoms. The minimum Gasteiger partial charge on any atom is -0.342 e. The SMILES string of the molecule is CCN(CC)C(=O)C(C)NS(=O)(=O)CCl. The summed E-state index contributed by atoms with van der Waals surface area (Å²) in [5.74, 6) is -0.242. The highest BCUT2D eigenvalue weighted by Gasteiger charge is 2.22. The van der Waals surface area contributed by atoms with Crippen molar-refractivity contribution in [1.82, 2.24) is 9.62 Å². The molecule has 0 aliphatic carbocycles. The average Bonchev–Trinajstić information content (AvgIpc) is 2.19. The van der Waals surface area contributed by atoms with Crippen LogP contribution in [0.25, 0.3) is 0 Å². The molecular weight excluding hydrogens is 240 g/mol. The first-order chi connectivity index (χ1) is 6.87. The third-order valence-electron chi connectivity index (χ3n) is 1.95. The lowest BCUT2D eigenvalue weighted by atomic mass is 10.3. The van der Waals surface area contributed by atoms with Crippen LogP contribution >= 0.6 is 11.6 Å². The molecule has 1 amide bonds. The van der Waals surface area contributed by atoms with Gasteiger partial charge in [-0.1, -0.05) is 0 Å². The highest BCUT2D eigenvalue weighted by Crippen LogP contribution is 1.98. The van der Waals surface area contributed by atoms with Gasteiger partial charge in [0.25, 0.3) is 0 Å². The second kappa shape index (κ2) is 6.30. The minimum atomic E-state index is -3.55. The molecule has 0 radical (unpaired) electrons. The van der Waals surface area contributed by atoms with Crippen LogP contribution in [0.5, 0.6) is 0 Å². The van der Waals surface area contributed by atoms with Crippen molar-refractivity contribution in [1.29, 1.82) is 0 Å². The van der Waals surface area contributed by atoms with Crippen molar-refractivity contribution in [2.75, 3.05) is 18.3 Å². The maximum atomic E-state index is 11.7. The molecule has 0 bridgehead atoms. The van der Waals surface area contributed by atoms with Gasteiger partial charge in [-0.05, 0) is 20.8 Å². The molecule has 90 valence electrons. The van der Waals surface area contributed by atoms with Crippen molar-refractivity contribution in [2.45, 2.75) is 26.8 Å². The van der Waals surface area contributed by atoms with E-state index < -0.39 is 21.3 Å². The average molecular weight is 257 g/mol. The van der Waals surface area contributed by atoms with E-state index in [1.54, 1.807) is 4.90 Å². The summed E-state index contributed by atoms with van der Waals surface area (Å²) in [5, 5.41) is -0.539. The molecule has 0 aromatic heterocycles. The Bertz CT molecular complexity index is 301. The van der Waals surface area contributed by atoms with Crippen LogP contribution in [0.4, 0.5) is 0 Å². The first kappa shape index (κ1) is 14.7. The number of likely N-dealkylation sites (N-methyl/N-ethyl adjacent to an activating group) is 1. The lowest BCUT2D eigenvalue weighted by Crippen LogP contribution is -2.46. The molecule has 0 rings (SSSR count). The van der Waals surface area contributed by atoms with E-state index in [0.717, 1.165) is 0 Å². The van der Waals surface area contributed by atoms with Gasteiger partial charge in [-0.2, -0.15) is 0 Å². The molecule has 0 saturated carbocycles. The van der Waals surface area contributed by atoms with Gasteiger partial charge in [-0.15, -0.1) is 11.6 Å². The molecule has 1 N–H and O–H groups in total. The highest BCUT2D eigenvalue weighted by atomic mass is 35.5. The van der Waals surface area contributed by atoms with Gasteiger partial charge in [0, 0.05) is 13.1 Å². The molecule has 0 aliphatic rings. The first-order valence-electron chi connectivity index (χ1n) is 4.72. The number of rotatable bonds is 6. The van der Waals surface area contributed by atoms with E-state index in [1.165, 1.54) is 6.92 Å². The predicted octanol–water partition coefficient (Wildman–Crippen LogP) is 0.359. The van der Waals surface area contributed by atoms with Gasteiger partial charge in [0.15, 0.2) is 0 Å². The van der Waals surface area contributed by atoms with E-state index in [9.17, 15) is 13.2 Å². The molecule has 0 aromatic rings. The van der Waals surface area contributed by atoms with Gasteiger partial charge < -0.3 is 4.90 Å². The second-order valence-electron chi connectivity index (χ2n) is 3.07. The second-order valence-corrected chi connectivity index (χ2v) is 5.41. The van der Waals surface area contributed by atoms with Crippen LogP contribution < -0.4 is 4.72 Å². The molecule has 0 heterocycles. The number of nitrogens with one attached hydrogen (secondary N) is 1. The minimum absolute atomic E-state index is 0.242. The van der Waals surface area contributed by atoms with E-state index in [1.807, 2.05) is 13.8 Å². The Morgan fingerprint density at radius 3 is 2.20 bits per heavy atom. The number of hydrogen-bond acceptors (Lipinski definition) is 3. The number of carbonyl (C=O) groups is 1. The van der Waals surface area contributed by atoms with Crippen LogP contribution in [-0.4, -0.2) is 43.6 Å². The molecule has 0 aromatic carbocycles. The number of alkyl halides is 1. The van der Waals surface area contributed by atoms with Gasteiger partial charge in [0.2, 0.25) is 15.9 Å². The summed E-state index contributed by atoms with van der Waals surface area (Å²) >= 11 is 5.21. The van der Waals surface area contributed by atoms with Gasteiger partial charge >= 0.3 is 0 Å². The zero-order valence-electron chi connectivity index (χ0n) is 9.16. The quantitative estimate of drug-likeness (QED) is 0.698. The predicted molar refractivity (Wildman–Crippen MR) is 60.2 cm³/mol. The largest absolute Gasteiger partial charge is 0.342 e. The molecule has 15 heavy (non-hydrogen) atoms. The zero-order valence-corrected chi connectivity index (χ0v) is 10.7. The number of hydrogen-bond donors (Lipinski definition) is 1. The van der Waals surface area contributed by atoms with Crippen LogP contribution in [0.2, 0.25) is 0 Å². The summed E-state index contributed by atoms with van der Waals surface area (Å²) in [6.45, 7) is 6.30. The van der Waals surface area contributed by atoms with Crippen LogP contribution in [0, 0.1) is 0 Å². The summed E-state index contributed by atoms with van der Waals surface area (Å²) in [6.07, 6.45) is 0. The number of carbonyl (C=O) groups excluding carboxylic acids is 1. The summed E-state index contributed by atoms with van der Waals surface area (Å²) in [4.78, 5) is 13.2. The topological polar surface area (TPSA) is 66.5 Å². The molecular formula is C8H17ClN2O3S. The lowest BCUT2D eigenvalue weighted by molar-refractivity contribution is -0.132. The Morgan fingerprint density at radius 2 is 1.87 bits per heavy atom. The Morgan fingerprint density at radius 1 is 1.40 bits per heavy atom. The Labute approximate surface area is 95.8 Å². The fourth-order valence-electron chi connectivity index (χ4n) is 1.16. The molecule has 1 unspecified atom stereocenters. The normalized spacial score (nSPS) is 13.6. The van der Waals surface area contributed by atoms with Crippen molar-refractivity contribution < 1.29 is 13.2 Å². The monoisotopic (exact) mass is 256 g/mol. The summed E-state index contributed by atoms with van der Waals surface area (Å²) in [6, 6.07) is -0.770. The van der Waals surface area contributed by atoms with Gasteiger partial charge in [0.05, 0.1) is 6.04 Å². The standard InChI is InChI=1S/C8H17ClN2O3S/c1-4-11(5-2)8(12)7(3)10-15(13,14)6-9/h7,10H,4-6H2,1-3H3. The van der Waals surface area contributed by atoms with Crippen molar-refractivity contribution in [3.8, 4) is 0 Å². The third-order valence-corrected chi connectivity index (χ3v) is 3.81. The van der Waals surface area contributed by atoms with Crippen molar-refractivity contribution in [3.63, 3.8) is 0 Å². The number of halogens is 1. The zero-order chi connectivity index (χ0) is 12.1. The molecule has 0 aliphatic heterocycles. The fraction of sp³-hybridized carbons (Fsp3) is 0.875. The maximum Gasteiger partial charge on any atom is 0.240 e. The van der Waals surface area contributed by atoms with Crippen LogP contribution in [0.3, 0.4) is 0 Å². The Balaban J connectivity index is 4.46. The number of sulfonamides is 1. The van der Waals surface area contributed by atoms with E-state index >= 15 is 0 Å². The van der Waals surface area contributed by atoms with Gasteiger partial charge in [-0.25, -0.2) is 13.1 Å². The van der Waals surface area contributed by atoms with Crippen LogP contribution in [0.1, 0.15) is 20.8 Å². The smallest absolute Gasteiger partial charge is 0.240 e. The summed E-state index contributed by atoms with van der Waals surface area (Å²) in [5.41, 5.74) is 0. The van der Waals surface area contributed by atoms with Crippen molar-refractivity contribution in [2.24, 2.45) is 0 Å². The van der Waals surface area contributed by atoms with Gasteiger partial charge in [0.1, 0.15) is 5.21 Å². The third kappa shape index (κ3) is 4.81.